The van der Waals surface area contributed by atoms with E-state index in [1.165, 1.54) is 4.90 Å². The molecule has 0 aromatic carbocycles. The van der Waals surface area contributed by atoms with Crippen molar-refractivity contribution >= 4 is 11.9 Å². The van der Waals surface area contributed by atoms with E-state index in [0.29, 0.717) is 6.61 Å². The van der Waals surface area contributed by atoms with Crippen LogP contribution >= 0.6 is 0 Å². The van der Waals surface area contributed by atoms with Crippen molar-refractivity contribution in [2.75, 3.05) is 32.8 Å². The molecule has 1 amide bonds. The predicted molar refractivity (Wildman–Crippen MR) is 55.8 cm³/mol. The lowest BCUT2D eigenvalue weighted by Crippen LogP contribution is -2.42. The second-order valence-corrected chi connectivity index (χ2v) is 3.34. The quantitative estimate of drug-likeness (QED) is 0.436. The molecular formula is C9H18N2O5. The number of carbonyl (C=O) groups excluding carboxylic acids is 1. The maximum atomic E-state index is 10.7. The normalized spacial score (nSPS) is 12.7. The highest BCUT2D eigenvalue weighted by Crippen LogP contribution is 1.94. The highest BCUT2D eigenvalue weighted by Gasteiger charge is 2.16. The lowest BCUT2D eigenvalue weighted by molar-refractivity contribution is -0.139. The molecular weight excluding hydrogens is 216 g/mol. The molecule has 0 radical (unpaired) electrons. The minimum atomic E-state index is -1.08. The molecule has 0 saturated carbocycles. The number of hydrogen-bond acceptors (Lipinski definition) is 5. The van der Waals surface area contributed by atoms with Gasteiger partial charge in [-0.3, -0.25) is 14.5 Å². The van der Waals surface area contributed by atoms with Gasteiger partial charge in [0.05, 0.1) is 25.8 Å². The monoisotopic (exact) mass is 234 g/mol. The average molecular weight is 234 g/mol. The Bertz CT molecular complexity index is 218. The van der Waals surface area contributed by atoms with E-state index >= 15 is 0 Å². The molecule has 0 aromatic rings. The summed E-state index contributed by atoms with van der Waals surface area (Å²) in [5.74, 6) is -1.71. The molecule has 0 spiro atoms. The Morgan fingerprint density at radius 1 is 1.44 bits per heavy atom. The number of carboxylic acid groups (broad SMARTS) is 1. The van der Waals surface area contributed by atoms with Gasteiger partial charge in [0.25, 0.3) is 0 Å². The van der Waals surface area contributed by atoms with Crippen LogP contribution in [0.15, 0.2) is 0 Å². The first kappa shape index (κ1) is 14.8. The zero-order chi connectivity index (χ0) is 12.6. The molecule has 94 valence electrons. The van der Waals surface area contributed by atoms with Gasteiger partial charge in [-0.25, -0.2) is 0 Å². The fraction of sp³-hybridized carbons (Fsp3) is 0.778. The van der Waals surface area contributed by atoms with Gasteiger partial charge in [-0.05, 0) is 6.92 Å². The number of aliphatic hydroxyl groups excluding tert-OH is 1. The molecule has 0 fully saturated rings. The standard InChI is InChI=1S/C9H18N2O5/c1-2-16-6-7(12)3-11(4-8(10)13)5-9(14)15/h7,12H,2-6H2,1H3,(H2,10,13)(H,14,15). The van der Waals surface area contributed by atoms with E-state index in [4.69, 9.17) is 15.6 Å². The van der Waals surface area contributed by atoms with Gasteiger partial charge in [-0.1, -0.05) is 0 Å². The number of aliphatic carboxylic acids is 1. The second kappa shape index (κ2) is 8.03. The summed E-state index contributed by atoms with van der Waals surface area (Å²) in [4.78, 5) is 22.4. The third-order valence-electron chi connectivity index (χ3n) is 1.72. The fourth-order valence-corrected chi connectivity index (χ4v) is 1.20. The number of ether oxygens (including phenoxy) is 1. The van der Waals surface area contributed by atoms with Crippen LogP contribution in [0.3, 0.4) is 0 Å². The highest BCUT2D eigenvalue weighted by molar-refractivity contribution is 5.77. The van der Waals surface area contributed by atoms with Gasteiger partial charge in [-0.15, -0.1) is 0 Å². The number of hydrogen-bond donors (Lipinski definition) is 3. The first-order valence-electron chi connectivity index (χ1n) is 4.94. The third kappa shape index (κ3) is 8.16. The molecule has 7 heteroatoms. The van der Waals surface area contributed by atoms with Crippen LogP contribution in [0, 0.1) is 0 Å². The number of amides is 1. The summed E-state index contributed by atoms with van der Waals surface area (Å²) in [6.45, 7) is 1.85. The number of nitrogens with two attached hydrogens (primary N) is 1. The van der Waals surface area contributed by atoms with Crippen molar-refractivity contribution in [2.45, 2.75) is 13.0 Å². The Morgan fingerprint density at radius 3 is 2.50 bits per heavy atom. The first-order chi connectivity index (χ1) is 7.45. The topological polar surface area (TPSA) is 113 Å². The third-order valence-corrected chi connectivity index (χ3v) is 1.72. The largest absolute Gasteiger partial charge is 0.480 e. The Kier molecular flexibility index (Phi) is 7.44. The number of aliphatic hydroxyl groups is 1. The van der Waals surface area contributed by atoms with Crippen LogP contribution in [-0.4, -0.2) is 65.9 Å². The molecule has 0 bridgehead atoms. The van der Waals surface area contributed by atoms with Crippen molar-refractivity contribution in [3.63, 3.8) is 0 Å². The van der Waals surface area contributed by atoms with Crippen LogP contribution in [0.1, 0.15) is 6.92 Å². The molecule has 7 nitrogen and oxygen atoms in total. The molecule has 4 N–H and O–H groups in total. The summed E-state index contributed by atoms with van der Waals surface area (Å²) in [7, 11) is 0. The molecule has 0 rings (SSSR count). The molecule has 0 aliphatic heterocycles. The van der Waals surface area contributed by atoms with E-state index in [-0.39, 0.29) is 26.2 Å². The maximum Gasteiger partial charge on any atom is 0.317 e. The van der Waals surface area contributed by atoms with Gasteiger partial charge in [0.1, 0.15) is 0 Å². The summed E-state index contributed by atoms with van der Waals surface area (Å²) in [5, 5.41) is 18.0. The highest BCUT2D eigenvalue weighted by atomic mass is 16.5. The predicted octanol–water partition coefficient (Wildman–Crippen LogP) is -1.74. The van der Waals surface area contributed by atoms with Crippen molar-refractivity contribution < 1.29 is 24.5 Å². The Labute approximate surface area is 93.8 Å². The van der Waals surface area contributed by atoms with Crippen molar-refractivity contribution in [2.24, 2.45) is 5.73 Å². The van der Waals surface area contributed by atoms with Crippen LogP contribution < -0.4 is 5.73 Å². The van der Waals surface area contributed by atoms with E-state index in [1.54, 1.807) is 6.92 Å². The second-order valence-electron chi connectivity index (χ2n) is 3.34. The van der Waals surface area contributed by atoms with Crippen molar-refractivity contribution in [3.8, 4) is 0 Å². The lowest BCUT2D eigenvalue weighted by atomic mass is 10.3. The van der Waals surface area contributed by atoms with Crippen LogP contribution in [0.4, 0.5) is 0 Å². The zero-order valence-electron chi connectivity index (χ0n) is 9.26. The van der Waals surface area contributed by atoms with E-state index < -0.39 is 18.0 Å². The van der Waals surface area contributed by atoms with Gasteiger partial charge in [-0.2, -0.15) is 0 Å². The van der Waals surface area contributed by atoms with E-state index in [9.17, 15) is 14.7 Å². The maximum absolute atomic E-state index is 10.7. The lowest BCUT2D eigenvalue weighted by Gasteiger charge is -2.21. The summed E-state index contributed by atoms with van der Waals surface area (Å²) >= 11 is 0. The van der Waals surface area contributed by atoms with Crippen LogP contribution in [0.5, 0.6) is 0 Å². The molecule has 16 heavy (non-hydrogen) atoms. The summed E-state index contributed by atoms with van der Waals surface area (Å²) in [6, 6.07) is 0. The summed E-state index contributed by atoms with van der Waals surface area (Å²) in [5.41, 5.74) is 4.96. The van der Waals surface area contributed by atoms with Gasteiger partial charge in [0, 0.05) is 13.2 Å². The van der Waals surface area contributed by atoms with Crippen LogP contribution in [-0.2, 0) is 14.3 Å². The Hall–Kier alpha value is -1.18. The molecule has 0 aromatic heterocycles. The molecule has 0 heterocycles. The average Bonchev–Trinajstić information content (AvgIpc) is 2.12. The number of carbonyl (C=O) groups is 2. The summed E-state index contributed by atoms with van der Waals surface area (Å²) in [6.07, 6.45) is -0.835. The fourth-order valence-electron chi connectivity index (χ4n) is 1.20. The molecule has 0 aliphatic carbocycles. The SMILES string of the molecule is CCOCC(O)CN(CC(N)=O)CC(=O)O. The van der Waals surface area contributed by atoms with Crippen LogP contribution in [0.25, 0.3) is 0 Å². The molecule has 0 saturated heterocycles. The number of primary amides is 1. The van der Waals surface area contributed by atoms with E-state index in [0.717, 1.165) is 0 Å². The smallest absolute Gasteiger partial charge is 0.317 e. The molecule has 1 atom stereocenters. The Balaban J connectivity index is 4.07. The van der Waals surface area contributed by atoms with Gasteiger partial charge >= 0.3 is 5.97 Å². The van der Waals surface area contributed by atoms with Crippen molar-refractivity contribution in [1.82, 2.24) is 4.90 Å². The number of rotatable bonds is 9. The molecule has 0 aliphatic rings. The minimum absolute atomic E-state index is 0.0369. The van der Waals surface area contributed by atoms with Crippen molar-refractivity contribution in [1.29, 1.82) is 0 Å². The molecule has 1 unspecified atom stereocenters. The minimum Gasteiger partial charge on any atom is -0.480 e. The van der Waals surface area contributed by atoms with Crippen molar-refractivity contribution in [3.05, 3.63) is 0 Å². The Morgan fingerprint density at radius 2 is 2.06 bits per heavy atom. The zero-order valence-corrected chi connectivity index (χ0v) is 9.26. The van der Waals surface area contributed by atoms with Crippen LogP contribution in [0.2, 0.25) is 0 Å². The number of carboxylic acids is 1. The van der Waals surface area contributed by atoms with E-state index in [2.05, 4.69) is 0 Å². The summed E-state index contributed by atoms with van der Waals surface area (Å²) < 4.78 is 4.97. The first-order valence-corrected chi connectivity index (χ1v) is 4.94. The van der Waals surface area contributed by atoms with Gasteiger partial charge < -0.3 is 20.7 Å². The van der Waals surface area contributed by atoms with Gasteiger partial charge in [0.15, 0.2) is 0 Å². The van der Waals surface area contributed by atoms with E-state index in [1.807, 2.05) is 0 Å². The number of nitrogens with zero attached hydrogens (tertiary/aromatic N) is 1. The van der Waals surface area contributed by atoms with Gasteiger partial charge in [0.2, 0.25) is 5.91 Å².